The van der Waals surface area contributed by atoms with E-state index in [0.717, 1.165) is 24.3 Å². The number of esters is 2. The fourth-order valence-electron chi connectivity index (χ4n) is 1.61. The third-order valence-electron chi connectivity index (χ3n) is 3.57. The van der Waals surface area contributed by atoms with E-state index in [1.807, 2.05) is 6.92 Å². The van der Waals surface area contributed by atoms with E-state index in [4.69, 9.17) is 9.47 Å². The molecule has 0 fully saturated rings. The Labute approximate surface area is 148 Å². The first-order valence-corrected chi connectivity index (χ1v) is 7.83. The topological polar surface area (TPSA) is 82.1 Å². The summed E-state index contributed by atoms with van der Waals surface area (Å²) < 4.78 is 49.6. The van der Waals surface area contributed by atoms with Gasteiger partial charge in [-0.05, 0) is 44.5 Å². The molecular weight excluding hydrogens is 357 g/mol. The average molecular weight is 378 g/mol. The number of rotatable bonds is 8. The van der Waals surface area contributed by atoms with Crippen LogP contribution in [-0.2, 0) is 14.3 Å². The van der Waals surface area contributed by atoms with Gasteiger partial charge in [0.1, 0.15) is 25.1 Å². The van der Waals surface area contributed by atoms with Crippen molar-refractivity contribution in [2.24, 2.45) is 5.41 Å². The van der Waals surface area contributed by atoms with Crippen LogP contribution in [0.1, 0.15) is 37.6 Å². The van der Waals surface area contributed by atoms with Crippen LogP contribution < -0.4 is 4.74 Å². The van der Waals surface area contributed by atoms with E-state index < -0.39 is 42.2 Å². The minimum Gasteiger partial charge on any atom is -0.462 e. The molecule has 0 aliphatic carbocycles. The Morgan fingerprint density at radius 2 is 1.62 bits per heavy atom. The zero-order chi connectivity index (χ0) is 20.0. The standard InChI is InChI=1S/C17H21F3O6/c1-4-16(2,3)15(23)25-10-12(21)9-24-14(22)11-5-7-13(8-6-11)26-17(18,19)20/h5-8,12,21H,4,9-10H2,1-3H3. The van der Waals surface area contributed by atoms with Gasteiger partial charge in [-0.25, -0.2) is 4.79 Å². The molecule has 26 heavy (non-hydrogen) atoms. The number of hydrogen-bond donors (Lipinski definition) is 1. The highest BCUT2D eigenvalue weighted by molar-refractivity contribution is 5.89. The van der Waals surface area contributed by atoms with E-state index in [-0.39, 0.29) is 12.2 Å². The van der Waals surface area contributed by atoms with Crippen molar-refractivity contribution in [2.45, 2.75) is 39.7 Å². The van der Waals surface area contributed by atoms with Gasteiger partial charge in [0, 0.05) is 0 Å². The molecule has 1 aromatic carbocycles. The maximum atomic E-state index is 12.1. The number of halogens is 3. The van der Waals surface area contributed by atoms with Crippen LogP contribution in [0.2, 0.25) is 0 Å². The average Bonchev–Trinajstić information content (AvgIpc) is 2.56. The van der Waals surface area contributed by atoms with E-state index in [1.165, 1.54) is 0 Å². The van der Waals surface area contributed by atoms with Crippen molar-refractivity contribution in [3.05, 3.63) is 29.8 Å². The summed E-state index contributed by atoms with van der Waals surface area (Å²) in [7, 11) is 0. The molecule has 1 unspecified atom stereocenters. The summed E-state index contributed by atoms with van der Waals surface area (Å²) in [6, 6.07) is 4.13. The number of carbonyl (C=O) groups excluding carboxylic acids is 2. The third-order valence-corrected chi connectivity index (χ3v) is 3.57. The van der Waals surface area contributed by atoms with E-state index in [0.29, 0.717) is 6.42 Å². The number of alkyl halides is 3. The molecule has 9 heteroatoms. The number of hydrogen-bond acceptors (Lipinski definition) is 6. The molecule has 0 saturated carbocycles. The molecule has 146 valence electrons. The Morgan fingerprint density at radius 1 is 1.08 bits per heavy atom. The lowest BCUT2D eigenvalue weighted by atomic mass is 9.91. The summed E-state index contributed by atoms with van der Waals surface area (Å²) in [4.78, 5) is 23.5. The van der Waals surface area contributed by atoms with E-state index >= 15 is 0 Å². The summed E-state index contributed by atoms with van der Waals surface area (Å²) in [5, 5.41) is 9.70. The fourth-order valence-corrected chi connectivity index (χ4v) is 1.61. The van der Waals surface area contributed by atoms with Crippen LogP contribution in [0.5, 0.6) is 5.75 Å². The monoisotopic (exact) mass is 378 g/mol. The molecule has 0 saturated heterocycles. The largest absolute Gasteiger partial charge is 0.573 e. The molecule has 1 rings (SSSR count). The highest BCUT2D eigenvalue weighted by Crippen LogP contribution is 2.23. The molecular formula is C17H21F3O6. The molecule has 0 bridgehead atoms. The predicted octanol–water partition coefficient (Wildman–Crippen LogP) is 3.08. The van der Waals surface area contributed by atoms with E-state index in [2.05, 4.69) is 4.74 Å². The molecule has 0 amide bonds. The summed E-state index contributed by atoms with van der Waals surface area (Å²) in [5.74, 6) is -1.80. The van der Waals surface area contributed by atoms with Crippen LogP contribution in [0, 0.1) is 5.41 Å². The Bertz CT molecular complexity index is 610. The first-order valence-electron chi connectivity index (χ1n) is 7.83. The number of benzene rings is 1. The number of carbonyl (C=O) groups is 2. The van der Waals surface area contributed by atoms with Gasteiger partial charge in [0.25, 0.3) is 0 Å². The normalized spacial score (nSPS) is 13.0. The molecule has 1 N–H and O–H groups in total. The number of ether oxygens (including phenoxy) is 3. The smallest absolute Gasteiger partial charge is 0.462 e. The molecule has 0 aliphatic heterocycles. The van der Waals surface area contributed by atoms with Crippen LogP contribution >= 0.6 is 0 Å². The number of aliphatic hydroxyl groups is 1. The summed E-state index contributed by atoms with van der Waals surface area (Å²) >= 11 is 0. The predicted molar refractivity (Wildman–Crippen MR) is 84.4 cm³/mol. The molecule has 1 atom stereocenters. The Kier molecular flexibility index (Phi) is 7.43. The second-order valence-corrected chi connectivity index (χ2v) is 6.16. The van der Waals surface area contributed by atoms with E-state index in [1.54, 1.807) is 13.8 Å². The van der Waals surface area contributed by atoms with Crippen LogP contribution in [0.3, 0.4) is 0 Å². The minimum atomic E-state index is -4.82. The van der Waals surface area contributed by atoms with Gasteiger partial charge in [-0.2, -0.15) is 0 Å². The molecule has 6 nitrogen and oxygen atoms in total. The second-order valence-electron chi connectivity index (χ2n) is 6.16. The third kappa shape index (κ3) is 7.30. The van der Waals surface area contributed by atoms with Crippen molar-refractivity contribution >= 4 is 11.9 Å². The molecule has 0 aliphatic rings. The molecule has 0 aromatic heterocycles. The Balaban J connectivity index is 2.45. The van der Waals surface area contributed by atoms with E-state index in [9.17, 15) is 27.9 Å². The van der Waals surface area contributed by atoms with Gasteiger partial charge in [0.05, 0.1) is 11.0 Å². The van der Waals surface area contributed by atoms with Crippen molar-refractivity contribution in [3.8, 4) is 5.75 Å². The summed E-state index contributed by atoms with van der Waals surface area (Å²) in [6.07, 6.45) is -5.48. The highest BCUT2D eigenvalue weighted by atomic mass is 19.4. The van der Waals surface area contributed by atoms with Gasteiger partial charge in [0.2, 0.25) is 0 Å². The van der Waals surface area contributed by atoms with Crippen LogP contribution in [0.25, 0.3) is 0 Å². The van der Waals surface area contributed by atoms with Crippen molar-refractivity contribution in [1.82, 2.24) is 0 Å². The van der Waals surface area contributed by atoms with Crippen LogP contribution in [0.15, 0.2) is 24.3 Å². The van der Waals surface area contributed by atoms with Crippen LogP contribution in [0.4, 0.5) is 13.2 Å². The van der Waals surface area contributed by atoms with Crippen LogP contribution in [-0.4, -0.2) is 42.7 Å². The Morgan fingerprint density at radius 3 is 2.12 bits per heavy atom. The molecule has 0 spiro atoms. The summed E-state index contributed by atoms with van der Waals surface area (Å²) in [6.45, 7) is 4.46. The van der Waals surface area contributed by atoms with Crippen molar-refractivity contribution in [3.63, 3.8) is 0 Å². The van der Waals surface area contributed by atoms with Gasteiger partial charge >= 0.3 is 18.3 Å². The van der Waals surface area contributed by atoms with Gasteiger partial charge in [0.15, 0.2) is 0 Å². The van der Waals surface area contributed by atoms with Crippen molar-refractivity contribution in [1.29, 1.82) is 0 Å². The number of aliphatic hydroxyl groups excluding tert-OH is 1. The Hall–Kier alpha value is -2.29. The highest BCUT2D eigenvalue weighted by Gasteiger charge is 2.31. The molecule has 0 radical (unpaired) electrons. The lowest BCUT2D eigenvalue weighted by Crippen LogP contribution is -2.31. The fraction of sp³-hybridized carbons (Fsp3) is 0.529. The second kappa shape index (κ2) is 8.88. The van der Waals surface area contributed by atoms with Gasteiger partial charge in [-0.3, -0.25) is 4.79 Å². The van der Waals surface area contributed by atoms with Gasteiger partial charge < -0.3 is 19.3 Å². The van der Waals surface area contributed by atoms with Gasteiger partial charge in [-0.15, -0.1) is 13.2 Å². The summed E-state index contributed by atoms with van der Waals surface area (Å²) in [5.41, 5.74) is -0.702. The quantitative estimate of drug-likeness (QED) is 0.700. The maximum Gasteiger partial charge on any atom is 0.573 e. The molecule has 0 heterocycles. The first-order chi connectivity index (χ1) is 11.9. The molecule has 1 aromatic rings. The SMILES string of the molecule is CCC(C)(C)C(=O)OCC(O)COC(=O)c1ccc(OC(F)(F)F)cc1. The minimum absolute atomic E-state index is 0.0177. The maximum absolute atomic E-state index is 12.1. The zero-order valence-electron chi connectivity index (χ0n) is 14.6. The van der Waals surface area contributed by atoms with Crippen molar-refractivity contribution in [2.75, 3.05) is 13.2 Å². The lowest BCUT2D eigenvalue weighted by Gasteiger charge is -2.21. The first kappa shape index (κ1) is 21.8. The van der Waals surface area contributed by atoms with Crippen molar-refractivity contribution < 1.29 is 42.1 Å². The lowest BCUT2D eigenvalue weighted by molar-refractivity contribution is -0.274. The zero-order valence-corrected chi connectivity index (χ0v) is 14.6. The van der Waals surface area contributed by atoms with Gasteiger partial charge in [-0.1, -0.05) is 6.92 Å².